The molecule has 0 aliphatic carbocycles. The van der Waals surface area contributed by atoms with E-state index in [4.69, 9.17) is 0 Å². The highest BCUT2D eigenvalue weighted by atomic mass is 16.2. The first kappa shape index (κ1) is 15.8. The van der Waals surface area contributed by atoms with Crippen molar-refractivity contribution in [2.45, 2.75) is 32.5 Å². The number of carbonyl (C=O) groups excluding carboxylic acids is 2. The number of rotatable bonds is 2. The molecule has 4 rings (SSSR count). The van der Waals surface area contributed by atoms with Gasteiger partial charge < -0.3 is 5.32 Å². The molecule has 2 aromatic rings. The molecular weight excluding hydrogens is 314 g/mol. The van der Waals surface area contributed by atoms with Crippen molar-refractivity contribution in [2.75, 3.05) is 11.4 Å². The fourth-order valence-corrected chi connectivity index (χ4v) is 3.69. The maximum absolute atomic E-state index is 12.7. The first-order chi connectivity index (χ1) is 12.1. The van der Waals surface area contributed by atoms with Crippen molar-refractivity contribution in [1.29, 1.82) is 0 Å². The Bertz CT molecular complexity index is 815. The summed E-state index contributed by atoms with van der Waals surface area (Å²) in [7, 11) is 0. The van der Waals surface area contributed by atoms with E-state index in [1.807, 2.05) is 37.3 Å². The summed E-state index contributed by atoms with van der Waals surface area (Å²) >= 11 is 0. The van der Waals surface area contributed by atoms with Crippen LogP contribution in [0.5, 0.6) is 0 Å². The van der Waals surface area contributed by atoms with Gasteiger partial charge in [0.15, 0.2) is 0 Å². The second-order valence-electron chi connectivity index (χ2n) is 6.67. The molecule has 3 amide bonds. The second-order valence-corrected chi connectivity index (χ2v) is 6.67. The molecule has 2 aromatic carbocycles. The molecule has 0 saturated carbocycles. The quantitative estimate of drug-likeness (QED) is 0.918. The number of hydrogen-bond donors (Lipinski definition) is 1. The minimum absolute atomic E-state index is 0.151. The third-order valence-electron chi connectivity index (χ3n) is 5.07. The molecule has 0 bridgehead atoms. The Morgan fingerprint density at radius 3 is 2.48 bits per heavy atom. The lowest BCUT2D eigenvalue weighted by molar-refractivity contribution is -0.120. The summed E-state index contributed by atoms with van der Waals surface area (Å²) in [5.41, 5.74) is 4.20. The molecule has 1 N–H and O–H groups in total. The number of carbonyl (C=O) groups is 2. The Labute approximate surface area is 147 Å². The number of hydrogen-bond acceptors (Lipinski definition) is 3. The van der Waals surface area contributed by atoms with E-state index in [-0.39, 0.29) is 18.1 Å². The molecule has 1 atom stereocenters. The highest BCUT2D eigenvalue weighted by molar-refractivity contribution is 6.16. The number of fused-ring (bicyclic) bond motifs is 1. The Morgan fingerprint density at radius 2 is 1.72 bits per heavy atom. The van der Waals surface area contributed by atoms with Crippen LogP contribution in [0.4, 0.5) is 10.5 Å². The highest BCUT2D eigenvalue weighted by Crippen LogP contribution is 2.26. The van der Waals surface area contributed by atoms with E-state index < -0.39 is 0 Å². The lowest BCUT2D eigenvalue weighted by Gasteiger charge is -2.40. The number of amides is 3. The van der Waals surface area contributed by atoms with Crippen molar-refractivity contribution >= 4 is 17.6 Å². The Morgan fingerprint density at radius 1 is 1.00 bits per heavy atom. The van der Waals surface area contributed by atoms with Crippen LogP contribution < -0.4 is 10.2 Å². The van der Waals surface area contributed by atoms with E-state index >= 15 is 0 Å². The van der Waals surface area contributed by atoms with Gasteiger partial charge in [-0.15, -0.1) is 0 Å². The van der Waals surface area contributed by atoms with Crippen LogP contribution in [-0.2, 0) is 17.8 Å². The first-order valence-electron chi connectivity index (χ1n) is 8.63. The van der Waals surface area contributed by atoms with Gasteiger partial charge in [0.1, 0.15) is 0 Å². The third-order valence-corrected chi connectivity index (χ3v) is 5.07. The number of imide groups is 1. The van der Waals surface area contributed by atoms with Crippen LogP contribution >= 0.6 is 0 Å². The van der Waals surface area contributed by atoms with Gasteiger partial charge in [-0.3, -0.25) is 9.69 Å². The largest absolute Gasteiger partial charge is 0.330 e. The average Bonchev–Trinajstić information content (AvgIpc) is 2.62. The molecule has 0 spiro atoms. The van der Waals surface area contributed by atoms with Crippen molar-refractivity contribution in [2.24, 2.45) is 0 Å². The molecular formula is C20H21N3O2. The van der Waals surface area contributed by atoms with Gasteiger partial charge >= 0.3 is 6.03 Å². The van der Waals surface area contributed by atoms with Gasteiger partial charge in [-0.1, -0.05) is 42.5 Å². The second kappa shape index (κ2) is 6.33. The summed E-state index contributed by atoms with van der Waals surface area (Å²) in [6.07, 6.45) is 0.995. The molecule has 5 heteroatoms. The van der Waals surface area contributed by atoms with Crippen LogP contribution in [0.25, 0.3) is 0 Å². The summed E-state index contributed by atoms with van der Waals surface area (Å²) in [5.74, 6) is -0.151. The van der Waals surface area contributed by atoms with Gasteiger partial charge in [0.05, 0.1) is 18.3 Å². The topological polar surface area (TPSA) is 52.7 Å². The summed E-state index contributed by atoms with van der Waals surface area (Å²) in [4.78, 5) is 28.8. The van der Waals surface area contributed by atoms with Crippen LogP contribution in [0.15, 0.2) is 48.5 Å². The van der Waals surface area contributed by atoms with E-state index in [2.05, 4.69) is 28.4 Å². The molecule has 2 aliphatic rings. The van der Waals surface area contributed by atoms with Crippen molar-refractivity contribution in [3.05, 3.63) is 65.2 Å². The summed E-state index contributed by atoms with van der Waals surface area (Å²) in [6, 6.07) is 15.5. The maximum atomic E-state index is 12.7. The van der Waals surface area contributed by atoms with Gasteiger partial charge in [-0.2, -0.15) is 0 Å². The minimum atomic E-state index is -0.339. The zero-order valence-corrected chi connectivity index (χ0v) is 14.2. The molecule has 1 saturated heterocycles. The van der Waals surface area contributed by atoms with Crippen molar-refractivity contribution in [3.63, 3.8) is 0 Å². The number of nitrogens with zero attached hydrogens (tertiary/aromatic N) is 2. The Balaban J connectivity index is 1.52. The number of nitrogens with one attached hydrogen (secondary N) is 1. The third kappa shape index (κ3) is 2.91. The van der Waals surface area contributed by atoms with Crippen molar-refractivity contribution < 1.29 is 9.59 Å². The highest BCUT2D eigenvalue weighted by Gasteiger charge is 2.37. The molecule has 2 heterocycles. The average molecular weight is 335 g/mol. The number of benzene rings is 2. The molecule has 0 radical (unpaired) electrons. The number of urea groups is 1. The van der Waals surface area contributed by atoms with Gasteiger partial charge in [0.2, 0.25) is 5.91 Å². The van der Waals surface area contributed by atoms with Crippen LogP contribution in [0.1, 0.15) is 23.1 Å². The maximum Gasteiger partial charge on any atom is 0.330 e. The predicted octanol–water partition coefficient (Wildman–Crippen LogP) is 2.83. The first-order valence-corrected chi connectivity index (χ1v) is 8.63. The molecule has 1 fully saturated rings. The monoisotopic (exact) mass is 335 g/mol. The molecule has 128 valence electrons. The smallest absolute Gasteiger partial charge is 0.321 e. The summed E-state index contributed by atoms with van der Waals surface area (Å²) in [5, 5.41) is 3.02. The van der Waals surface area contributed by atoms with Crippen LogP contribution in [0.3, 0.4) is 0 Å². The zero-order chi connectivity index (χ0) is 17.4. The SMILES string of the molecule is Cc1ccccc1N1C(=O)CC(N2CCc3ccccc3C2)NC1=O. The summed E-state index contributed by atoms with van der Waals surface area (Å²) < 4.78 is 0. The van der Waals surface area contributed by atoms with E-state index in [0.717, 1.165) is 25.1 Å². The molecule has 5 nitrogen and oxygen atoms in total. The van der Waals surface area contributed by atoms with Gasteiger partial charge in [0.25, 0.3) is 0 Å². The van der Waals surface area contributed by atoms with Crippen LogP contribution in [0, 0.1) is 6.92 Å². The summed E-state index contributed by atoms with van der Waals surface area (Å²) in [6.45, 7) is 3.52. The van der Waals surface area contributed by atoms with Crippen molar-refractivity contribution in [1.82, 2.24) is 10.2 Å². The normalized spacial score (nSPS) is 21.0. The van der Waals surface area contributed by atoms with E-state index in [0.29, 0.717) is 12.1 Å². The predicted molar refractivity (Wildman–Crippen MR) is 96.2 cm³/mol. The Kier molecular flexibility index (Phi) is 4.01. The molecule has 25 heavy (non-hydrogen) atoms. The fourth-order valence-electron chi connectivity index (χ4n) is 3.69. The van der Waals surface area contributed by atoms with Crippen LogP contribution in [-0.4, -0.2) is 29.5 Å². The standard InChI is InChI=1S/C20H21N3O2/c1-14-6-2-5-9-17(14)23-19(24)12-18(21-20(23)25)22-11-10-15-7-3-4-8-16(15)13-22/h2-9,18H,10-13H2,1H3,(H,21,25). The van der Waals surface area contributed by atoms with Crippen LogP contribution in [0.2, 0.25) is 0 Å². The van der Waals surface area contributed by atoms with Crippen molar-refractivity contribution in [3.8, 4) is 0 Å². The molecule has 2 aliphatic heterocycles. The van der Waals surface area contributed by atoms with Gasteiger partial charge in [-0.25, -0.2) is 9.69 Å². The lowest BCUT2D eigenvalue weighted by atomic mass is 9.99. The molecule has 0 aromatic heterocycles. The van der Waals surface area contributed by atoms with E-state index in [1.54, 1.807) is 0 Å². The zero-order valence-electron chi connectivity index (χ0n) is 14.2. The minimum Gasteiger partial charge on any atom is -0.321 e. The number of anilines is 1. The number of aryl methyl sites for hydroxylation is 1. The van der Waals surface area contributed by atoms with E-state index in [9.17, 15) is 9.59 Å². The lowest BCUT2D eigenvalue weighted by Crippen LogP contribution is -2.61. The fraction of sp³-hybridized carbons (Fsp3) is 0.300. The van der Waals surface area contributed by atoms with Gasteiger partial charge in [-0.05, 0) is 36.1 Å². The van der Waals surface area contributed by atoms with Gasteiger partial charge in [0, 0.05) is 13.1 Å². The number of para-hydroxylation sites is 1. The Hall–Kier alpha value is -2.66. The molecule has 1 unspecified atom stereocenters. The van der Waals surface area contributed by atoms with E-state index in [1.165, 1.54) is 16.0 Å².